The zero-order valence-corrected chi connectivity index (χ0v) is 19.1. The molecule has 0 spiro atoms. The van der Waals surface area contributed by atoms with Crippen molar-refractivity contribution in [2.75, 3.05) is 24.7 Å². The highest BCUT2D eigenvalue weighted by atomic mass is 32.2. The maximum Gasteiger partial charge on any atom is 0.329 e. The number of unbranched alkanes of at least 4 members (excludes halogenated alkanes) is 1. The van der Waals surface area contributed by atoms with Crippen molar-refractivity contribution in [3.05, 3.63) is 0 Å². The number of fused-ring (bicyclic) bond motifs is 1. The van der Waals surface area contributed by atoms with Crippen LogP contribution in [-0.4, -0.2) is 78.6 Å². The lowest BCUT2D eigenvalue weighted by molar-refractivity contribution is -0.161. The van der Waals surface area contributed by atoms with E-state index >= 15 is 0 Å². The van der Waals surface area contributed by atoms with E-state index in [0.29, 0.717) is 32.2 Å². The van der Waals surface area contributed by atoms with Gasteiger partial charge in [0.15, 0.2) is 16.4 Å². The van der Waals surface area contributed by atoms with E-state index in [-0.39, 0.29) is 35.2 Å². The highest BCUT2D eigenvalue weighted by Gasteiger charge is 2.51. The summed E-state index contributed by atoms with van der Waals surface area (Å²) in [7, 11) is -3.16. The van der Waals surface area contributed by atoms with E-state index in [4.69, 9.17) is 4.74 Å². The van der Waals surface area contributed by atoms with Crippen molar-refractivity contribution < 1.29 is 32.3 Å². The number of ether oxygens (including phenoxy) is 1. The number of hydrogen-bond donors (Lipinski definition) is 0. The summed E-state index contributed by atoms with van der Waals surface area (Å²) < 4.78 is 28.8. The van der Waals surface area contributed by atoms with Crippen LogP contribution >= 0.6 is 0 Å². The van der Waals surface area contributed by atoms with E-state index in [9.17, 15) is 27.6 Å². The van der Waals surface area contributed by atoms with Gasteiger partial charge >= 0.3 is 5.97 Å². The van der Waals surface area contributed by atoms with Gasteiger partial charge in [0.1, 0.15) is 6.04 Å². The normalized spacial score (nSPS) is 28.3. The minimum atomic E-state index is -3.16. The third kappa shape index (κ3) is 5.10. The molecule has 3 aliphatic rings. The topological polar surface area (TPSA) is 118 Å². The number of hydrogen-bond acceptors (Lipinski definition) is 7. The molecule has 3 rings (SSSR count). The van der Waals surface area contributed by atoms with E-state index in [0.717, 1.165) is 24.2 Å². The third-order valence-electron chi connectivity index (χ3n) is 6.66. The van der Waals surface area contributed by atoms with Crippen LogP contribution in [0.1, 0.15) is 58.8 Å². The average Bonchev–Trinajstić information content (AvgIpc) is 3.22. The summed E-state index contributed by atoms with van der Waals surface area (Å²) in [5.41, 5.74) is 0. The van der Waals surface area contributed by atoms with Crippen LogP contribution in [0.5, 0.6) is 0 Å². The Morgan fingerprint density at radius 3 is 2.26 bits per heavy atom. The van der Waals surface area contributed by atoms with E-state index in [1.54, 1.807) is 0 Å². The number of likely N-dealkylation sites (tertiary alicyclic amines) is 1. The highest BCUT2D eigenvalue weighted by molar-refractivity contribution is 7.91. The summed E-state index contributed by atoms with van der Waals surface area (Å²) in [5.74, 6) is -2.65. The standard InChI is InChI=1S/C21H32N2O7S/c1-3-4-10-22(15-9-11-31(28,29)13-15)18(24)12-30-21(27)14(2)23-19(25)16-7-5-6-8-17(16)20(23)26/h14-17H,3-13H2,1-2H3. The van der Waals surface area contributed by atoms with Crippen LogP contribution in [0.3, 0.4) is 0 Å². The Kier molecular flexibility index (Phi) is 7.39. The smallest absolute Gasteiger partial charge is 0.329 e. The first kappa shape index (κ1) is 23.7. The Balaban J connectivity index is 1.59. The Bertz CT molecular complexity index is 817. The number of rotatable bonds is 8. The molecule has 4 unspecified atom stereocenters. The molecule has 0 aromatic heterocycles. The molecule has 31 heavy (non-hydrogen) atoms. The molecule has 174 valence electrons. The van der Waals surface area contributed by atoms with Crippen molar-refractivity contribution in [1.29, 1.82) is 0 Å². The molecule has 10 heteroatoms. The Hall–Kier alpha value is -1.97. The van der Waals surface area contributed by atoms with Gasteiger partial charge in [0.2, 0.25) is 11.8 Å². The molecule has 1 saturated carbocycles. The average molecular weight is 457 g/mol. The van der Waals surface area contributed by atoms with Crippen molar-refractivity contribution in [3.8, 4) is 0 Å². The Morgan fingerprint density at radius 2 is 1.74 bits per heavy atom. The van der Waals surface area contributed by atoms with Gasteiger partial charge < -0.3 is 9.64 Å². The molecule has 2 saturated heterocycles. The van der Waals surface area contributed by atoms with Crippen LogP contribution in [0.25, 0.3) is 0 Å². The fourth-order valence-electron chi connectivity index (χ4n) is 4.87. The zero-order chi connectivity index (χ0) is 22.8. The van der Waals surface area contributed by atoms with Gasteiger partial charge in [-0.25, -0.2) is 13.2 Å². The van der Waals surface area contributed by atoms with Gasteiger partial charge in [-0.2, -0.15) is 0 Å². The predicted molar refractivity (Wildman–Crippen MR) is 111 cm³/mol. The van der Waals surface area contributed by atoms with E-state index in [1.807, 2.05) is 6.92 Å². The van der Waals surface area contributed by atoms with Crippen molar-refractivity contribution in [3.63, 3.8) is 0 Å². The van der Waals surface area contributed by atoms with E-state index in [1.165, 1.54) is 11.8 Å². The highest BCUT2D eigenvalue weighted by Crippen LogP contribution is 2.38. The van der Waals surface area contributed by atoms with Gasteiger partial charge in [0.05, 0.1) is 23.3 Å². The van der Waals surface area contributed by atoms with Gasteiger partial charge in [0.25, 0.3) is 5.91 Å². The quantitative estimate of drug-likeness (QED) is 0.393. The summed E-state index contributed by atoms with van der Waals surface area (Å²) >= 11 is 0. The van der Waals surface area contributed by atoms with Crippen molar-refractivity contribution in [2.45, 2.75) is 70.9 Å². The molecular formula is C21H32N2O7S. The summed E-state index contributed by atoms with van der Waals surface area (Å²) in [6.07, 6.45) is 5.03. The van der Waals surface area contributed by atoms with Crippen LogP contribution in [-0.2, 0) is 33.8 Å². The number of carbonyl (C=O) groups is 4. The van der Waals surface area contributed by atoms with E-state index in [2.05, 4.69) is 0 Å². The molecular weight excluding hydrogens is 424 g/mol. The van der Waals surface area contributed by atoms with Crippen molar-refractivity contribution in [1.82, 2.24) is 9.80 Å². The second kappa shape index (κ2) is 9.67. The van der Waals surface area contributed by atoms with Gasteiger partial charge in [-0.3, -0.25) is 19.3 Å². The maximum absolute atomic E-state index is 12.7. The molecule has 3 fully saturated rings. The Labute approximate surface area is 183 Å². The number of carbonyl (C=O) groups excluding carboxylic acids is 4. The second-order valence-electron chi connectivity index (χ2n) is 8.83. The minimum Gasteiger partial charge on any atom is -0.454 e. The molecule has 2 heterocycles. The van der Waals surface area contributed by atoms with Crippen LogP contribution in [0.4, 0.5) is 0 Å². The summed E-state index contributed by atoms with van der Waals surface area (Å²) in [5, 5.41) is 0. The van der Waals surface area contributed by atoms with E-state index < -0.39 is 40.4 Å². The lowest BCUT2D eigenvalue weighted by Crippen LogP contribution is -2.47. The van der Waals surface area contributed by atoms with Gasteiger partial charge in [-0.1, -0.05) is 26.2 Å². The molecule has 9 nitrogen and oxygen atoms in total. The number of amides is 3. The van der Waals surface area contributed by atoms with Crippen LogP contribution in [0.2, 0.25) is 0 Å². The summed E-state index contributed by atoms with van der Waals surface area (Å²) in [6, 6.07) is -1.50. The zero-order valence-electron chi connectivity index (χ0n) is 18.2. The largest absolute Gasteiger partial charge is 0.454 e. The lowest BCUT2D eigenvalue weighted by Gasteiger charge is -2.28. The number of imide groups is 1. The summed E-state index contributed by atoms with van der Waals surface area (Å²) in [4.78, 5) is 53.1. The molecule has 1 aliphatic carbocycles. The molecule has 0 radical (unpaired) electrons. The number of esters is 1. The monoisotopic (exact) mass is 456 g/mol. The summed E-state index contributed by atoms with van der Waals surface area (Å²) in [6.45, 7) is 3.28. The molecule has 0 N–H and O–H groups in total. The van der Waals surface area contributed by atoms with Gasteiger partial charge in [0, 0.05) is 12.6 Å². The first-order chi connectivity index (χ1) is 14.7. The first-order valence-electron chi connectivity index (χ1n) is 11.2. The van der Waals surface area contributed by atoms with Crippen molar-refractivity contribution >= 4 is 33.5 Å². The molecule has 0 aromatic carbocycles. The lowest BCUT2D eigenvalue weighted by atomic mass is 9.81. The molecule has 2 aliphatic heterocycles. The number of sulfone groups is 1. The fraction of sp³-hybridized carbons (Fsp3) is 0.810. The fourth-order valence-corrected chi connectivity index (χ4v) is 6.60. The van der Waals surface area contributed by atoms with Crippen LogP contribution in [0.15, 0.2) is 0 Å². The first-order valence-corrected chi connectivity index (χ1v) is 13.0. The number of nitrogens with zero attached hydrogens (tertiary/aromatic N) is 2. The Morgan fingerprint density at radius 1 is 1.13 bits per heavy atom. The minimum absolute atomic E-state index is 0.0475. The van der Waals surface area contributed by atoms with Gasteiger partial charge in [-0.15, -0.1) is 0 Å². The molecule has 4 atom stereocenters. The maximum atomic E-state index is 12.7. The van der Waals surface area contributed by atoms with Crippen molar-refractivity contribution in [2.24, 2.45) is 11.8 Å². The van der Waals surface area contributed by atoms with Crippen LogP contribution in [0, 0.1) is 11.8 Å². The second-order valence-corrected chi connectivity index (χ2v) is 11.1. The predicted octanol–water partition coefficient (Wildman–Crippen LogP) is 0.909. The van der Waals surface area contributed by atoms with Crippen LogP contribution < -0.4 is 0 Å². The third-order valence-corrected chi connectivity index (χ3v) is 8.41. The molecule has 3 amide bonds. The SMILES string of the molecule is CCCCN(C(=O)COC(=O)C(C)N1C(=O)C2CCCCC2C1=O)C1CCS(=O)(=O)C1. The molecule has 0 aromatic rings. The van der Waals surface area contributed by atoms with Gasteiger partial charge in [-0.05, 0) is 32.6 Å². The molecule has 0 bridgehead atoms.